The first-order chi connectivity index (χ1) is 16.1. The molecule has 1 fully saturated rings. The van der Waals surface area contributed by atoms with E-state index in [2.05, 4.69) is 31.0 Å². The lowest BCUT2D eigenvalue weighted by Gasteiger charge is -2.35. The fraction of sp³-hybridized carbons (Fsp3) is 0.375. The van der Waals surface area contributed by atoms with Crippen molar-refractivity contribution >= 4 is 39.0 Å². The Morgan fingerprint density at radius 3 is 2.61 bits per heavy atom. The summed E-state index contributed by atoms with van der Waals surface area (Å²) in [5.74, 6) is 2.54. The topological polar surface area (TPSA) is 67.8 Å². The summed E-state index contributed by atoms with van der Waals surface area (Å²) in [6, 6.07) is 15.7. The van der Waals surface area contributed by atoms with Crippen molar-refractivity contribution in [3.63, 3.8) is 0 Å². The van der Waals surface area contributed by atoms with Gasteiger partial charge in [-0.05, 0) is 65.2 Å². The second-order valence-electron chi connectivity index (χ2n) is 8.36. The first-order valence-corrected chi connectivity index (χ1v) is 12.7. The van der Waals surface area contributed by atoms with Crippen LogP contribution in [0.25, 0.3) is 10.6 Å². The van der Waals surface area contributed by atoms with Crippen molar-refractivity contribution in [2.75, 3.05) is 38.2 Å². The number of nitrogens with zero attached hydrogens (tertiary/aromatic N) is 4. The zero-order valence-electron chi connectivity index (χ0n) is 18.3. The summed E-state index contributed by atoms with van der Waals surface area (Å²) in [6.07, 6.45) is 1.44. The lowest BCUT2D eigenvalue weighted by atomic mass is 9.95. The Labute approximate surface area is 205 Å². The second kappa shape index (κ2) is 9.69. The Morgan fingerprint density at radius 2 is 1.91 bits per heavy atom. The Kier molecular flexibility index (Phi) is 6.50. The first-order valence-electron chi connectivity index (χ1n) is 11.0. The zero-order valence-corrected chi connectivity index (χ0v) is 20.7. The third kappa shape index (κ3) is 4.99. The molecule has 9 heteroatoms. The number of rotatable bonds is 5. The van der Waals surface area contributed by atoms with Gasteiger partial charge in [-0.15, -0.1) is 21.5 Å². The third-order valence-corrected chi connectivity index (χ3v) is 7.71. The Morgan fingerprint density at radius 1 is 1.12 bits per heavy atom. The van der Waals surface area contributed by atoms with Crippen LogP contribution in [0.1, 0.15) is 12.8 Å². The van der Waals surface area contributed by atoms with Gasteiger partial charge in [-0.25, -0.2) is 0 Å². The average molecular weight is 529 g/mol. The molecule has 33 heavy (non-hydrogen) atoms. The van der Waals surface area contributed by atoms with E-state index in [0.717, 1.165) is 57.6 Å². The summed E-state index contributed by atoms with van der Waals surface area (Å²) in [5, 5.41) is 8.83. The highest BCUT2D eigenvalue weighted by Gasteiger charge is 2.30. The number of halogens is 1. The average Bonchev–Trinajstić information content (AvgIpc) is 3.30. The molecule has 2 aliphatic heterocycles. The highest BCUT2D eigenvalue weighted by molar-refractivity contribution is 9.11. The van der Waals surface area contributed by atoms with Gasteiger partial charge in [0.05, 0.1) is 15.2 Å². The number of thiophene rings is 1. The van der Waals surface area contributed by atoms with E-state index < -0.39 is 0 Å². The van der Waals surface area contributed by atoms with Crippen molar-refractivity contribution in [1.29, 1.82) is 0 Å². The number of hydrogen-bond acceptors (Lipinski definition) is 7. The minimum atomic E-state index is -0.160. The van der Waals surface area contributed by atoms with Crippen molar-refractivity contribution in [3.8, 4) is 22.1 Å². The number of hydrogen-bond donors (Lipinski definition) is 0. The van der Waals surface area contributed by atoms with Gasteiger partial charge < -0.3 is 19.3 Å². The SMILES string of the molecule is CN(C[C@@H]1COc2ccccc2O1)C(=O)C1CCN(c2ccc(-c3ccc(Br)s3)nn2)CC1. The Hall–Kier alpha value is -2.65. The van der Waals surface area contributed by atoms with Crippen LogP contribution in [-0.4, -0.2) is 60.4 Å². The summed E-state index contributed by atoms with van der Waals surface area (Å²) in [7, 11) is 1.85. The normalized spacial score (nSPS) is 18.2. The van der Waals surface area contributed by atoms with E-state index in [1.54, 1.807) is 16.2 Å². The molecule has 0 bridgehead atoms. The maximum Gasteiger partial charge on any atom is 0.225 e. The fourth-order valence-corrected chi connectivity index (χ4v) is 5.64. The van der Waals surface area contributed by atoms with Crippen molar-refractivity contribution in [1.82, 2.24) is 15.1 Å². The number of amides is 1. The number of ether oxygens (including phenoxy) is 2. The zero-order chi connectivity index (χ0) is 22.8. The van der Waals surface area contributed by atoms with Crippen LogP contribution in [0.2, 0.25) is 0 Å². The van der Waals surface area contributed by atoms with Crippen molar-refractivity contribution in [2.45, 2.75) is 18.9 Å². The highest BCUT2D eigenvalue weighted by atomic mass is 79.9. The molecular formula is C24H25BrN4O3S. The summed E-state index contributed by atoms with van der Waals surface area (Å²) in [4.78, 5) is 18.1. The van der Waals surface area contributed by atoms with Crippen molar-refractivity contribution in [3.05, 3.63) is 52.3 Å². The highest BCUT2D eigenvalue weighted by Crippen LogP contribution is 2.32. The number of aromatic nitrogens is 2. The minimum Gasteiger partial charge on any atom is -0.486 e. The van der Waals surface area contributed by atoms with E-state index in [9.17, 15) is 4.79 Å². The van der Waals surface area contributed by atoms with Gasteiger partial charge in [0.25, 0.3) is 0 Å². The molecule has 2 aliphatic rings. The first kappa shape index (κ1) is 22.2. The number of carbonyl (C=O) groups is 1. The van der Waals surface area contributed by atoms with Crippen LogP contribution in [0.3, 0.4) is 0 Å². The van der Waals surface area contributed by atoms with Gasteiger partial charge in [-0.3, -0.25) is 4.79 Å². The molecule has 0 saturated carbocycles. The Balaban J connectivity index is 1.13. The lowest BCUT2D eigenvalue weighted by molar-refractivity contribution is -0.136. The molecule has 0 radical (unpaired) electrons. The van der Waals surface area contributed by atoms with E-state index in [4.69, 9.17) is 9.47 Å². The summed E-state index contributed by atoms with van der Waals surface area (Å²) in [5.41, 5.74) is 0.873. The van der Waals surface area contributed by atoms with Crippen LogP contribution in [0.5, 0.6) is 11.5 Å². The van der Waals surface area contributed by atoms with E-state index in [0.29, 0.717) is 13.2 Å². The lowest BCUT2D eigenvalue weighted by Crippen LogP contribution is -2.46. The maximum absolute atomic E-state index is 13.0. The monoisotopic (exact) mass is 528 g/mol. The van der Waals surface area contributed by atoms with Crippen LogP contribution in [0, 0.1) is 5.92 Å². The number of carbonyl (C=O) groups excluding carboxylic acids is 1. The molecule has 1 atom stereocenters. The van der Waals surface area contributed by atoms with E-state index in [-0.39, 0.29) is 17.9 Å². The largest absolute Gasteiger partial charge is 0.486 e. The molecule has 4 heterocycles. The molecule has 2 aromatic heterocycles. The molecule has 172 valence electrons. The number of likely N-dealkylation sites (N-methyl/N-ethyl adjacent to an activating group) is 1. The van der Waals surface area contributed by atoms with Gasteiger partial charge in [-0.2, -0.15) is 0 Å². The predicted molar refractivity (Wildman–Crippen MR) is 132 cm³/mol. The van der Waals surface area contributed by atoms with Crippen LogP contribution < -0.4 is 14.4 Å². The molecule has 0 unspecified atom stereocenters. The van der Waals surface area contributed by atoms with E-state index in [1.807, 2.05) is 55.6 Å². The number of piperidine rings is 1. The van der Waals surface area contributed by atoms with Gasteiger partial charge in [-0.1, -0.05) is 12.1 Å². The molecule has 5 rings (SSSR count). The quantitative estimate of drug-likeness (QED) is 0.486. The van der Waals surface area contributed by atoms with Gasteiger partial charge in [0.2, 0.25) is 5.91 Å². The molecule has 0 N–H and O–H groups in total. The standard InChI is InChI=1S/C24H25BrN4O3S/c1-28(14-17-15-31-19-4-2-3-5-20(19)32-17)24(30)16-10-12-29(13-11-16)23-9-6-18(26-27-23)21-7-8-22(25)33-21/h2-9,16-17H,10-15H2,1H3/t17-/m1/s1. The smallest absolute Gasteiger partial charge is 0.225 e. The van der Waals surface area contributed by atoms with Crippen molar-refractivity contribution in [2.24, 2.45) is 5.92 Å². The number of para-hydroxylation sites is 2. The molecule has 1 saturated heterocycles. The molecular weight excluding hydrogens is 504 g/mol. The number of benzene rings is 1. The number of anilines is 1. The van der Waals surface area contributed by atoms with E-state index >= 15 is 0 Å². The summed E-state index contributed by atoms with van der Waals surface area (Å²) >= 11 is 5.13. The molecule has 7 nitrogen and oxygen atoms in total. The van der Waals surface area contributed by atoms with Crippen LogP contribution in [0.15, 0.2) is 52.3 Å². The van der Waals surface area contributed by atoms with Crippen LogP contribution >= 0.6 is 27.3 Å². The third-order valence-electron chi connectivity index (χ3n) is 6.07. The van der Waals surface area contributed by atoms with Crippen molar-refractivity contribution < 1.29 is 14.3 Å². The Bertz CT molecular complexity index is 1110. The molecule has 1 amide bonds. The van der Waals surface area contributed by atoms with Gasteiger partial charge in [0.1, 0.15) is 12.3 Å². The number of fused-ring (bicyclic) bond motifs is 1. The van der Waals surface area contributed by atoms with Crippen LogP contribution in [-0.2, 0) is 4.79 Å². The summed E-state index contributed by atoms with van der Waals surface area (Å²) in [6.45, 7) is 2.54. The van der Waals surface area contributed by atoms with Crippen LogP contribution in [0.4, 0.5) is 5.82 Å². The van der Waals surface area contributed by atoms with Gasteiger partial charge >= 0.3 is 0 Å². The van der Waals surface area contributed by atoms with Gasteiger partial charge in [0, 0.05) is 26.1 Å². The van der Waals surface area contributed by atoms with E-state index in [1.165, 1.54) is 0 Å². The minimum absolute atomic E-state index is 0.0127. The second-order valence-corrected chi connectivity index (χ2v) is 10.8. The maximum atomic E-state index is 13.0. The summed E-state index contributed by atoms with van der Waals surface area (Å²) < 4.78 is 12.9. The van der Waals surface area contributed by atoms with Gasteiger partial charge in [0.15, 0.2) is 23.4 Å². The molecule has 1 aromatic carbocycles. The fourth-order valence-electron chi connectivity index (χ4n) is 4.29. The molecule has 3 aromatic rings. The predicted octanol–water partition coefficient (Wildman–Crippen LogP) is 4.48. The molecule has 0 aliphatic carbocycles. The molecule has 0 spiro atoms.